The van der Waals surface area contributed by atoms with E-state index in [-0.39, 0.29) is 5.97 Å². The van der Waals surface area contributed by atoms with Crippen LogP contribution in [0.25, 0.3) is 0 Å². The molecular weight excluding hydrogens is 344 g/mol. The molecule has 0 heterocycles. The average molecular weight is 393 g/mol. The molecule has 0 aromatic rings. The van der Waals surface area contributed by atoms with Crippen LogP contribution >= 0.6 is 0 Å². The zero-order valence-electron chi connectivity index (χ0n) is 19.1. The van der Waals surface area contributed by atoms with Gasteiger partial charge in [-0.2, -0.15) is 0 Å². The monoisotopic (exact) mass is 392 g/mol. The summed E-state index contributed by atoms with van der Waals surface area (Å²) in [6.45, 7) is 4.53. The average Bonchev–Trinajstić information content (AvgIpc) is 2.68. The van der Waals surface area contributed by atoms with E-state index in [1.807, 2.05) is 0 Å². The molecule has 2 heteroatoms. The second kappa shape index (κ2) is 18.3. The first kappa shape index (κ1) is 25.2. The SMILES string of the molecule is CCCCCCCCCC(=O)O/C1=C/C(C)CCCCCCCCCCCC1. The molecule has 1 aliphatic carbocycles. The van der Waals surface area contributed by atoms with E-state index in [4.69, 9.17) is 4.74 Å². The Bertz CT molecular complexity index is 399. The maximum Gasteiger partial charge on any atom is 0.310 e. The molecule has 0 aromatic carbocycles. The van der Waals surface area contributed by atoms with Crippen molar-refractivity contribution in [2.24, 2.45) is 5.92 Å². The standard InChI is InChI=1S/C26H48O2/c1-3-4-5-6-11-16-19-22-26(27)28-25-21-18-15-13-10-8-7-9-12-14-17-20-24(2)23-25/h23-24H,3-22H2,1-2H3/b25-23+. The van der Waals surface area contributed by atoms with Gasteiger partial charge in [0.25, 0.3) is 0 Å². The van der Waals surface area contributed by atoms with Gasteiger partial charge in [0.05, 0.1) is 0 Å². The summed E-state index contributed by atoms with van der Waals surface area (Å²) in [5.74, 6) is 1.46. The Balaban J connectivity index is 2.35. The first-order chi connectivity index (χ1) is 13.7. The van der Waals surface area contributed by atoms with Crippen molar-refractivity contribution in [3.05, 3.63) is 11.8 Å². The summed E-state index contributed by atoms with van der Waals surface area (Å²) >= 11 is 0. The molecule has 28 heavy (non-hydrogen) atoms. The first-order valence-electron chi connectivity index (χ1n) is 12.6. The van der Waals surface area contributed by atoms with E-state index < -0.39 is 0 Å². The lowest BCUT2D eigenvalue weighted by atomic mass is 10.0. The summed E-state index contributed by atoms with van der Waals surface area (Å²) in [5, 5.41) is 0. The molecule has 0 radical (unpaired) electrons. The molecule has 0 bridgehead atoms. The van der Waals surface area contributed by atoms with Crippen LogP contribution in [-0.4, -0.2) is 5.97 Å². The Morgan fingerprint density at radius 2 is 1.36 bits per heavy atom. The molecule has 0 aliphatic heterocycles. The molecule has 164 valence electrons. The molecule has 1 rings (SSSR count). The predicted octanol–water partition coefficient (Wildman–Crippen LogP) is 8.89. The number of hydrogen-bond acceptors (Lipinski definition) is 2. The largest absolute Gasteiger partial charge is 0.431 e. The minimum atomic E-state index is -0.00933. The van der Waals surface area contributed by atoms with Gasteiger partial charge in [-0.3, -0.25) is 4.79 Å². The van der Waals surface area contributed by atoms with Gasteiger partial charge in [0.1, 0.15) is 5.76 Å². The summed E-state index contributed by atoms with van der Waals surface area (Å²) in [6, 6.07) is 0. The van der Waals surface area contributed by atoms with Crippen LogP contribution in [0.2, 0.25) is 0 Å². The molecular formula is C26H48O2. The highest BCUT2D eigenvalue weighted by molar-refractivity contribution is 5.70. The topological polar surface area (TPSA) is 26.3 Å². The number of rotatable bonds is 9. The molecule has 0 aromatic heterocycles. The molecule has 0 fully saturated rings. The molecule has 1 unspecified atom stereocenters. The lowest BCUT2D eigenvalue weighted by Crippen LogP contribution is -2.06. The number of carbonyl (C=O) groups is 1. The quantitative estimate of drug-likeness (QED) is 0.289. The van der Waals surface area contributed by atoms with Gasteiger partial charge in [0, 0.05) is 12.8 Å². The molecule has 0 saturated carbocycles. The number of carbonyl (C=O) groups excluding carboxylic acids is 1. The number of esters is 1. The van der Waals surface area contributed by atoms with Gasteiger partial charge < -0.3 is 4.74 Å². The van der Waals surface area contributed by atoms with Crippen LogP contribution in [0, 0.1) is 5.92 Å². The third kappa shape index (κ3) is 15.2. The van der Waals surface area contributed by atoms with Gasteiger partial charge in [-0.25, -0.2) is 0 Å². The van der Waals surface area contributed by atoms with Crippen LogP contribution in [0.1, 0.15) is 142 Å². The fourth-order valence-electron chi connectivity index (χ4n) is 4.17. The highest BCUT2D eigenvalue weighted by atomic mass is 16.5. The van der Waals surface area contributed by atoms with E-state index in [1.54, 1.807) is 0 Å². The van der Waals surface area contributed by atoms with Crippen LogP contribution in [0.15, 0.2) is 11.8 Å². The molecule has 1 atom stereocenters. The Kier molecular flexibility index (Phi) is 16.5. The van der Waals surface area contributed by atoms with Gasteiger partial charge in [0.15, 0.2) is 0 Å². The minimum absolute atomic E-state index is 0.00933. The molecule has 0 N–H and O–H groups in total. The number of ether oxygens (including phenoxy) is 1. The third-order valence-corrected chi connectivity index (χ3v) is 6.03. The van der Waals surface area contributed by atoms with Crippen LogP contribution in [0.3, 0.4) is 0 Å². The zero-order valence-corrected chi connectivity index (χ0v) is 19.1. The molecule has 2 nitrogen and oxygen atoms in total. The number of hydrogen-bond donors (Lipinski definition) is 0. The van der Waals surface area contributed by atoms with E-state index in [0.29, 0.717) is 12.3 Å². The van der Waals surface area contributed by atoms with Crippen LogP contribution in [0.4, 0.5) is 0 Å². The molecule has 1 aliphatic rings. The van der Waals surface area contributed by atoms with Gasteiger partial charge >= 0.3 is 5.97 Å². The second-order valence-corrected chi connectivity index (χ2v) is 9.03. The van der Waals surface area contributed by atoms with E-state index in [9.17, 15) is 4.79 Å². The van der Waals surface area contributed by atoms with Gasteiger partial charge in [-0.15, -0.1) is 0 Å². The molecule has 0 spiro atoms. The summed E-state index contributed by atoms with van der Waals surface area (Å²) < 4.78 is 5.81. The van der Waals surface area contributed by atoms with Crippen molar-refractivity contribution in [3.8, 4) is 0 Å². The minimum Gasteiger partial charge on any atom is -0.431 e. The lowest BCUT2D eigenvalue weighted by molar-refractivity contribution is -0.139. The van der Waals surface area contributed by atoms with E-state index in [0.717, 1.165) is 31.4 Å². The fourth-order valence-corrected chi connectivity index (χ4v) is 4.17. The zero-order chi connectivity index (χ0) is 20.3. The highest BCUT2D eigenvalue weighted by Crippen LogP contribution is 2.21. The van der Waals surface area contributed by atoms with E-state index >= 15 is 0 Å². The Morgan fingerprint density at radius 1 is 0.821 bits per heavy atom. The molecule has 0 amide bonds. The van der Waals surface area contributed by atoms with Crippen molar-refractivity contribution in [2.75, 3.05) is 0 Å². The summed E-state index contributed by atoms with van der Waals surface area (Å²) in [4.78, 5) is 12.3. The van der Waals surface area contributed by atoms with Crippen LogP contribution in [-0.2, 0) is 9.53 Å². The van der Waals surface area contributed by atoms with E-state index in [1.165, 1.54) is 96.3 Å². The summed E-state index contributed by atoms with van der Waals surface area (Å²) in [7, 11) is 0. The van der Waals surface area contributed by atoms with Crippen molar-refractivity contribution in [3.63, 3.8) is 0 Å². The van der Waals surface area contributed by atoms with Crippen molar-refractivity contribution >= 4 is 5.97 Å². The fraction of sp³-hybridized carbons (Fsp3) is 0.885. The predicted molar refractivity (Wildman–Crippen MR) is 121 cm³/mol. The van der Waals surface area contributed by atoms with Gasteiger partial charge in [-0.1, -0.05) is 110 Å². The molecule has 0 saturated heterocycles. The van der Waals surface area contributed by atoms with Crippen LogP contribution < -0.4 is 0 Å². The first-order valence-corrected chi connectivity index (χ1v) is 12.6. The van der Waals surface area contributed by atoms with Gasteiger partial charge in [0.2, 0.25) is 0 Å². The van der Waals surface area contributed by atoms with Crippen molar-refractivity contribution < 1.29 is 9.53 Å². The summed E-state index contributed by atoms with van der Waals surface area (Å²) in [5.41, 5.74) is 0. The summed E-state index contributed by atoms with van der Waals surface area (Å²) in [6.07, 6.45) is 27.0. The lowest BCUT2D eigenvalue weighted by Gasteiger charge is -2.13. The van der Waals surface area contributed by atoms with Crippen LogP contribution in [0.5, 0.6) is 0 Å². The number of allylic oxidation sites excluding steroid dienone is 2. The van der Waals surface area contributed by atoms with Crippen molar-refractivity contribution in [2.45, 2.75) is 142 Å². The highest BCUT2D eigenvalue weighted by Gasteiger charge is 2.10. The maximum absolute atomic E-state index is 12.3. The van der Waals surface area contributed by atoms with Crippen molar-refractivity contribution in [1.82, 2.24) is 0 Å². The Morgan fingerprint density at radius 3 is 2.00 bits per heavy atom. The maximum atomic E-state index is 12.3. The Hall–Kier alpha value is -0.790. The smallest absolute Gasteiger partial charge is 0.310 e. The van der Waals surface area contributed by atoms with Crippen molar-refractivity contribution in [1.29, 1.82) is 0 Å². The number of unbranched alkanes of at least 4 members (excludes halogenated alkanes) is 6. The normalized spacial score (nSPS) is 22.5. The van der Waals surface area contributed by atoms with E-state index in [2.05, 4.69) is 19.9 Å². The van der Waals surface area contributed by atoms with Gasteiger partial charge in [-0.05, 0) is 31.3 Å². The third-order valence-electron chi connectivity index (χ3n) is 6.03. The second-order valence-electron chi connectivity index (χ2n) is 9.03. The Labute approximate surface area is 175 Å².